The number of rotatable bonds is 8. The lowest BCUT2D eigenvalue weighted by Crippen LogP contribution is -2.24. The summed E-state index contributed by atoms with van der Waals surface area (Å²) in [5.74, 6) is 1.34. The minimum absolute atomic E-state index is 0.0175. The molecule has 3 rings (SSSR count). The van der Waals surface area contributed by atoms with E-state index in [9.17, 15) is 5.11 Å². The first kappa shape index (κ1) is 18.9. The summed E-state index contributed by atoms with van der Waals surface area (Å²) in [7, 11) is 0. The van der Waals surface area contributed by atoms with E-state index in [0.29, 0.717) is 23.8 Å². The Morgan fingerprint density at radius 2 is 1.96 bits per heavy atom. The summed E-state index contributed by atoms with van der Waals surface area (Å²) in [6, 6.07) is 7.61. The molecule has 2 aromatic heterocycles. The Kier molecular flexibility index (Phi) is 5.75. The third-order valence-electron chi connectivity index (χ3n) is 4.55. The molecule has 1 atom stereocenters. The number of aliphatic hydroxyl groups is 1. The van der Waals surface area contributed by atoms with Gasteiger partial charge in [0.2, 0.25) is 5.95 Å². The molecule has 0 spiro atoms. The van der Waals surface area contributed by atoms with E-state index in [1.165, 1.54) is 0 Å². The molecule has 1 unspecified atom stereocenters. The van der Waals surface area contributed by atoms with E-state index < -0.39 is 0 Å². The van der Waals surface area contributed by atoms with Gasteiger partial charge in [-0.15, -0.1) is 0 Å². The highest BCUT2D eigenvalue weighted by Gasteiger charge is 2.18. The fourth-order valence-corrected chi connectivity index (χ4v) is 2.84. The first-order valence-corrected chi connectivity index (χ1v) is 9.24. The molecule has 144 valence electrons. The fraction of sp³-hybridized carbons (Fsp3) is 0.421. The van der Waals surface area contributed by atoms with Gasteiger partial charge in [-0.3, -0.25) is 5.10 Å². The van der Waals surface area contributed by atoms with Gasteiger partial charge in [-0.05, 0) is 24.0 Å². The highest BCUT2D eigenvalue weighted by molar-refractivity contribution is 5.88. The molecule has 8 heteroatoms. The molecule has 0 amide bonds. The number of hydrogen-bond acceptors (Lipinski definition) is 7. The maximum Gasteiger partial charge on any atom is 0.225 e. The van der Waals surface area contributed by atoms with E-state index in [2.05, 4.69) is 44.6 Å². The number of aromatic amines is 1. The number of benzene rings is 1. The van der Waals surface area contributed by atoms with E-state index in [4.69, 9.17) is 5.73 Å². The molecule has 0 saturated carbocycles. The average molecular weight is 369 g/mol. The van der Waals surface area contributed by atoms with Gasteiger partial charge < -0.3 is 21.5 Å². The largest absolute Gasteiger partial charge is 0.398 e. The van der Waals surface area contributed by atoms with Gasteiger partial charge in [0.1, 0.15) is 5.52 Å². The van der Waals surface area contributed by atoms with Gasteiger partial charge in [0.05, 0.1) is 18.3 Å². The van der Waals surface area contributed by atoms with Crippen molar-refractivity contribution in [3.05, 3.63) is 35.5 Å². The highest BCUT2D eigenvalue weighted by atomic mass is 16.3. The zero-order chi connectivity index (χ0) is 19.4. The number of fused-ring (bicyclic) bond motifs is 1. The number of nitrogens with two attached hydrogens (primary N) is 1. The lowest BCUT2D eigenvalue weighted by atomic mass is 10.1. The number of para-hydroxylation sites is 1. The number of anilines is 3. The molecule has 1 aromatic carbocycles. The van der Waals surface area contributed by atoms with Crippen LogP contribution in [0.25, 0.3) is 11.0 Å². The standard InChI is InChI=1S/C19H27N7O/c1-4-13(10-27)22-19-23-16-15(11(2)3)25-26-17(16)18(24-19)21-9-12-7-5-6-8-14(12)20/h5-8,11,13,27H,4,9-10,20H2,1-3H3,(H,25,26)(H2,21,22,23,24). The number of hydrogen-bond donors (Lipinski definition) is 5. The van der Waals surface area contributed by atoms with Crippen LogP contribution in [0, 0.1) is 0 Å². The number of nitrogen functional groups attached to an aromatic ring is 1. The Bertz CT molecular complexity index is 902. The summed E-state index contributed by atoms with van der Waals surface area (Å²) in [5.41, 5.74) is 10.2. The normalized spacial score (nSPS) is 12.5. The topological polar surface area (TPSA) is 125 Å². The Hall–Kier alpha value is -2.87. The highest BCUT2D eigenvalue weighted by Crippen LogP contribution is 2.27. The number of H-pyrrole nitrogens is 1. The van der Waals surface area contributed by atoms with Crippen molar-refractivity contribution in [2.45, 2.75) is 45.7 Å². The van der Waals surface area contributed by atoms with Gasteiger partial charge >= 0.3 is 0 Å². The van der Waals surface area contributed by atoms with Crippen LogP contribution < -0.4 is 16.4 Å². The molecule has 2 heterocycles. The second-order valence-electron chi connectivity index (χ2n) is 6.87. The SMILES string of the molecule is CCC(CO)Nc1nc(NCc2ccccc2N)c2n[nH]c(C(C)C)c2n1. The lowest BCUT2D eigenvalue weighted by Gasteiger charge is -2.15. The molecule has 0 radical (unpaired) electrons. The maximum absolute atomic E-state index is 9.49. The van der Waals surface area contributed by atoms with Crippen molar-refractivity contribution in [3.63, 3.8) is 0 Å². The molecule has 3 aromatic rings. The number of aliphatic hydroxyl groups excluding tert-OH is 1. The molecular formula is C19H27N7O. The number of nitrogens with zero attached hydrogens (tertiary/aromatic N) is 3. The number of aromatic nitrogens is 4. The monoisotopic (exact) mass is 369 g/mol. The van der Waals surface area contributed by atoms with Crippen LogP contribution >= 0.6 is 0 Å². The Morgan fingerprint density at radius 3 is 2.63 bits per heavy atom. The third-order valence-corrected chi connectivity index (χ3v) is 4.55. The molecule has 0 aliphatic rings. The van der Waals surface area contributed by atoms with Crippen LogP contribution in [-0.4, -0.2) is 37.9 Å². The van der Waals surface area contributed by atoms with Crippen molar-refractivity contribution in [2.24, 2.45) is 0 Å². The van der Waals surface area contributed by atoms with Crippen molar-refractivity contribution in [1.82, 2.24) is 20.2 Å². The van der Waals surface area contributed by atoms with Crippen molar-refractivity contribution < 1.29 is 5.11 Å². The molecule has 6 N–H and O–H groups in total. The summed E-state index contributed by atoms with van der Waals surface area (Å²) < 4.78 is 0. The first-order chi connectivity index (χ1) is 13.0. The molecule has 0 saturated heterocycles. The van der Waals surface area contributed by atoms with Crippen LogP contribution in [0.1, 0.15) is 44.4 Å². The predicted molar refractivity (Wildman–Crippen MR) is 109 cm³/mol. The van der Waals surface area contributed by atoms with Crippen molar-refractivity contribution in [1.29, 1.82) is 0 Å². The molecule has 0 aliphatic heterocycles. The second-order valence-corrected chi connectivity index (χ2v) is 6.87. The quantitative estimate of drug-likeness (QED) is 0.387. The van der Waals surface area contributed by atoms with E-state index in [-0.39, 0.29) is 18.6 Å². The van der Waals surface area contributed by atoms with E-state index >= 15 is 0 Å². The van der Waals surface area contributed by atoms with E-state index in [0.717, 1.165) is 28.9 Å². The molecule has 27 heavy (non-hydrogen) atoms. The minimum atomic E-state index is -0.102. The fourth-order valence-electron chi connectivity index (χ4n) is 2.84. The van der Waals surface area contributed by atoms with E-state index in [1.807, 2.05) is 31.2 Å². The van der Waals surface area contributed by atoms with Crippen LogP contribution in [0.4, 0.5) is 17.5 Å². The molecule has 0 bridgehead atoms. The van der Waals surface area contributed by atoms with Gasteiger partial charge in [0.25, 0.3) is 0 Å². The Labute approximate surface area is 158 Å². The van der Waals surface area contributed by atoms with Crippen LogP contribution in [0.2, 0.25) is 0 Å². The lowest BCUT2D eigenvalue weighted by molar-refractivity contribution is 0.271. The average Bonchev–Trinajstić information content (AvgIpc) is 3.09. The van der Waals surface area contributed by atoms with E-state index in [1.54, 1.807) is 0 Å². The maximum atomic E-state index is 9.49. The summed E-state index contributed by atoms with van der Waals surface area (Å²) in [6.45, 7) is 6.72. The van der Waals surface area contributed by atoms with Crippen molar-refractivity contribution >= 4 is 28.5 Å². The molecule has 8 nitrogen and oxygen atoms in total. The summed E-state index contributed by atoms with van der Waals surface area (Å²) in [6.07, 6.45) is 0.767. The van der Waals surface area contributed by atoms with Gasteiger partial charge in [0.15, 0.2) is 11.3 Å². The summed E-state index contributed by atoms with van der Waals surface area (Å²) >= 11 is 0. The molecule has 0 aliphatic carbocycles. The Balaban J connectivity index is 1.97. The van der Waals surface area contributed by atoms with Crippen LogP contribution in [-0.2, 0) is 6.54 Å². The zero-order valence-corrected chi connectivity index (χ0v) is 16.0. The predicted octanol–water partition coefficient (Wildman–Crippen LogP) is 2.85. The minimum Gasteiger partial charge on any atom is -0.398 e. The van der Waals surface area contributed by atoms with Crippen molar-refractivity contribution in [2.75, 3.05) is 23.0 Å². The smallest absolute Gasteiger partial charge is 0.225 e. The zero-order valence-electron chi connectivity index (χ0n) is 16.0. The molecular weight excluding hydrogens is 342 g/mol. The van der Waals surface area contributed by atoms with Gasteiger partial charge in [0, 0.05) is 12.2 Å². The summed E-state index contributed by atoms with van der Waals surface area (Å²) in [4.78, 5) is 9.22. The number of nitrogens with one attached hydrogen (secondary N) is 3. The third kappa shape index (κ3) is 4.11. The Morgan fingerprint density at radius 1 is 1.19 bits per heavy atom. The van der Waals surface area contributed by atoms with Crippen LogP contribution in [0.5, 0.6) is 0 Å². The van der Waals surface area contributed by atoms with Gasteiger partial charge in [-0.1, -0.05) is 39.0 Å². The second kappa shape index (κ2) is 8.22. The van der Waals surface area contributed by atoms with Crippen LogP contribution in [0.3, 0.4) is 0 Å². The van der Waals surface area contributed by atoms with Crippen LogP contribution in [0.15, 0.2) is 24.3 Å². The van der Waals surface area contributed by atoms with Gasteiger partial charge in [-0.25, -0.2) is 4.98 Å². The summed E-state index contributed by atoms with van der Waals surface area (Å²) in [5, 5.41) is 23.5. The molecule has 0 fully saturated rings. The first-order valence-electron chi connectivity index (χ1n) is 9.24. The van der Waals surface area contributed by atoms with Gasteiger partial charge in [-0.2, -0.15) is 10.1 Å². The van der Waals surface area contributed by atoms with Crippen molar-refractivity contribution in [3.8, 4) is 0 Å².